The first-order chi connectivity index (χ1) is 14.0. The van der Waals surface area contributed by atoms with E-state index in [4.69, 9.17) is 4.42 Å². The summed E-state index contributed by atoms with van der Waals surface area (Å²) in [6, 6.07) is 17.2. The SMILES string of the molecule is CSc1ccccc1NC(=O)/C=C/c1ccc(S(=O)(=O)NCc2ccco2)cc1. The molecule has 0 aliphatic rings. The molecule has 3 rings (SSSR count). The summed E-state index contributed by atoms with van der Waals surface area (Å²) in [7, 11) is -3.65. The summed E-state index contributed by atoms with van der Waals surface area (Å²) in [5.41, 5.74) is 1.46. The maximum Gasteiger partial charge on any atom is 0.248 e. The van der Waals surface area contributed by atoms with Crippen molar-refractivity contribution in [2.45, 2.75) is 16.3 Å². The Balaban J connectivity index is 1.61. The van der Waals surface area contributed by atoms with Crippen molar-refractivity contribution in [2.24, 2.45) is 0 Å². The zero-order chi connectivity index (χ0) is 20.7. The lowest BCUT2D eigenvalue weighted by Crippen LogP contribution is -2.22. The van der Waals surface area contributed by atoms with E-state index in [1.54, 1.807) is 42.1 Å². The molecule has 0 saturated carbocycles. The standard InChI is InChI=1S/C21H20N2O4S2/c1-28-20-7-3-2-6-19(20)23-21(24)13-10-16-8-11-18(12-9-16)29(25,26)22-15-17-5-4-14-27-17/h2-14,22H,15H2,1H3,(H,23,24)/b13-10+. The Morgan fingerprint density at radius 3 is 2.52 bits per heavy atom. The number of carbonyl (C=O) groups is 1. The first-order valence-corrected chi connectivity index (χ1v) is 11.4. The van der Waals surface area contributed by atoms with E-state index in [1.807, 2.05) is 30.5 Å². The number of para-hydroxylation sites is 1. The van der Waals surface area contributed by atoms with E-state index in [9.17, 15) is 13.2 Å². The van der Waals surface area contributed by atoms with Crippen LogP contribution in [-0.4, -0.2) is 20.6 Å². The van der Waals surface area contributed by atoms with Crippen molar-refractivity contribution in [3.05, 3.63) is 84.3 Å². The van der Waals surface area contributed by atoms with Gasteiger partial charge in [-0.25, -0.2) is 13.1 Å². The predicted molar refractivity (Wildman–Crippen MR) is 115 cm³/mol. The molecule has 2 aromatic carbocycles. The second kappa shape index (κ2) is 9.60. The number of nitrogens with one attached hydrogen (secondary N) is 2. The lowest BCUT2D eigenvalue weighted by molar-refractivity contribution is -0.111. The average molecular weight is 429 g/mol. The molecule has 3 aromatic rings. The van der Waals surface area contributed by atoms with Gasteiger partial charge in [-0.15, -0.1) is 11.8 Å². The minimum atomic E-state index is -3.65. The predicted octanol–water partition coefficient (Wildman–Crippen LogP) is 4.13. The fraction of sp³-hybridized carbons (Fsp3) is 0.0952. The third kappa shape index (κ3) is 5.83. The highest BCUT2D eigenvalue weighted by molar-refractivity contribution is 7.98. The molecule has 1 amide bonds. The maximum atomic E-state index is 12.3. The number of furan rings is 1. The number of carbonyl (C=O) groups excluding carboxylic acids is 1. The van der Waals surface area contributed by atoms with E-state index in [2.05, 4.69) is 10.0 Å². The topological polar surface area (TPSA) is 88.4 Å². The third-order valence-electron chi connectivity index (χ3n) is 4.00. The second-order valence-electron chi connectivity index (χ2n) is 6.00. The zero-order valence-corrected chi connectivity index (χ0v) is 17.3. The Morgan fingerprint density at radius 2 is 1.83 bits per heavy atom. The maximum absolute atomic E-state index is 12.3. The van der Waals surface area contributed by atoms with E-state index in [0.29, 0.717) is 11.3 Å². The van der Waals surface area contributed by atoms with Crippen molar-refractivity contribution in [3.8, 4) is 0 Å². The van der Waals surface area contributed by atoms with Crippen LogP contribution in [0, 0.1) is 0 Å². The summed E-state index contributed by atoms with van der Waals surface area (Å²) in [5.74, 6) is 0.269. The molecule has 2 N–H and O–H groups in total. The van der Waals surface area contributed by atoms with Gasteiger partial charge in [-0.2, -0.15) is 0 Å². The summed E-state index contributed by atoms with van der Waals surface area (Å²) in [4.78, 5) is 13.3. The smallest absolute Gasteiger partial charge is 0.248 e. The summed E-state index contributed by atoms with van der Waals surface area (Å²) in [5, 5.41) is 2.84. The lowest BCUT2D eigenvalue weighted by Gasteiger charge is -2.07. The van der Waals surface area contributed by atoms with E-state index < -0.39 is 10.0 Å². The number of amides is 1. The first kappa shape index (κ1) is 20.9. The highest BCUT2D eigenvalue weighted by Gasteiger charge is 2.14. The fourth-order valence-corrected chi connectivity index (χ4v) is 4.06. The Morgan fingerprint density at radius 1 is 1.07 bits per heavy atom. The van der Waals surface area contributed by atoms with Crippen LogP contribution < -0.4 is 10.0 Å². The molecule has 1 heterocycles. The molecular formula is C21H20N2O4S2. The van der Waals surface area contributed by atoms with Crippen LogP contribution in [0.3, 0.4) is 0 Å². The molecule has 0 aliphatic carbocycles. The van der Waals surface area contributed by atoms with E-state index in [1.165, 1.54) is 24.5 Å². The number of sulfonamides is 1. The van der Waals surface area contributed by atoms with Crippen LogP contribution in [-0.2, 0) is 21.4 Å². The summed E-state index contributed by atoms with van der Waals surface area (Å²) in [6.45, 7) is 0.0781. The Kier molecular flexibility index (Phi) is 6.92. The molecule has 1 aromatic heterocycles. The number of thioether (sulfide) groups is 1. The van der Waals surface area contributed by atoms with Gasteiger partial charge in [0, 0.05) is 11.0 Å². The number of anilines is 1. The van der Waals surface area contributed by atoms with Crippen LogP contribution in [0.2, 0.25) is 0 Å². The van der Waals surface area contributed by atoms with E-state index in [0.717, 1.165) is 10.6 Å². The Bertz CT molecular complexity index is 1090. The average Bonchev–Trinajstić information content (AvgIpc) is 3.25. The second-order valence-corrected chi connectivity index (χ2v) is 8.61. The van der Waals surface area contributed by atoms with Gasteiger partial charge in [0.05, 0.1) is 23.4 Å². The van der Waals surface area contributed by atoms with Crippen LogP contribution in [0.15, 0.2) is 87.2 Å². The van der Waals surface area contributed by atoms with Gasteiger partial charge in [0.2, 0.25) is 15.9 Å². The van der Waals surface area contributed by atoms with Crippen LogP contribution in [0.1, 0.15) is 11.3 Å². The number of benzene rings is 2. The van der Waals surface area contributed by atoms with Gasteiger partial charge in [0.25, 0.3) is 0 Å². The zero-order valence-electron chi connectivity index (χ0n) is 15.7. The van der Waals surface area contributed by atoms with Crippen LogP contribution >= 0.6 is 11.8 Å². The molecule has 0 spiro atoms. The summed E-state index contributed by atoms with van der Waals surface area (Å²) >= 11 is 1.55. The highest BCUT2D eigenvalue weighted by Crippen LogP contribution is 2.24. The van der Waals surface area contributed by atoms with Gasteiger partial charge < -0.3 is 9.73 Å². The molecule has 6 nitrogen and oxygen atoms in total. The van der Waals surface area contributed by atoms with Gasteiger partial charge in [0.1, 0.15) is 5.76 Å². The quantitative estimate of drug-likeness (QED) is 0.416. The molecular weight excluding hydrogens is 408 g/mol. The molecule has 29 heavy (non-hydrogen) atoms. The molecule has 0 saturated heterocycles. The lowest BCUT2D eigenvalue weighted by atomic mass is 10.2. The molecule has 8 heteroatoms. The van der Waals surface area contributed by atoms with Gasteiger partial charge in [-0.3, -0.25) is 4.79 Å². The summed E-state index contributed by atoms with van der Waals surface area (Å²) < 4.78 is 32.3. The monoisotopic (exact) mass is 428 g/mol. The highest BCUT2D eigenvalue weighted by atomic mass is 32.2. The van der Waals surface area contributed by atoms with Crippen molar-refractivity contribution >= 4 is 39.5 Å². The number of hydrogen-bond donors (Lipinski definition) is 2. The third-order valence-corrected chi connectivity index (χ3v) is 6.21. The van der Waals surface area contributed by atoms with Crippen LogP contribution in [0.5, 0.6) is 0 Å². The molecule has 0 radical (unpaired) electrons. The van der Waals surface area contributed by atoms with Crippen LogP contribution in [0.4, 0.5) is 5.69 Å². The van der Waals surface area contributed by atoms with E-state index >= 15 is 0 Å². The van der Waals surface area contributed by atoms with Gasteiger partial charge in [0.15, 0.2) is 0 Å². The minimum Gasteiger partial charge on any atom is -0.468 e. The summed E-state index contributed by atoms with van der Waals surface area (Å²) in [6.07, 6.45) is 6.47. The van der Waals surface area contributed by atoms with Crippen LogP contribution in [0.25, 0.3) is 6.08 Å². The molecule has 0 unspecified atom stereocenters. The van der Waals surface area contributed by atoms with Crippen molar-refractivity contribution in [1.29, 1.82) is 0 Å². The minimum absolute atomic E-state index is 0.0781. The first-order valence-electron chi connectivity index (χ1n) is 8.72. The van der Waals surface area contributed by atoms with Gasteiger partial charge >= 0.3 is 0 Å². The largest absolute Gasteiger partial charge is 0.468 e. The normalized spacial score (nSPS) is 11.6. The van der Waals surface area contributed by atoms with Crippen molar-refractivity contribution in [3.63, 3.8) is 0 Å². The fourth-order valence-electron chi connectivity index (χ4n) is 2.51. The van der Waals surface area contributed by atoms with Gasteiger partial charge in [-0.05, 0) is 54.3 Å². The Hall–Kier alpha value is -2.81. The van der Waals surface area contributed by atoms with Crippen molar-refractivity contribution in [2.75, 3.05) is 11.6 Å². The van der Waals surface area contributed by atoms with E-state index in [-0.39, 0.29) is 17.3 Å². The molecule has 0 bridgehead atoms. The molecule has 150 valence electrons. The number of rotatable bonds is 8. The van der Waals surface area contributed by atoms with Gasteiger partial charge in [-0.1, -0.05) is 24.3 Å². The molecule has 0 fully saturated rings. The Labute approximate surface area is 174 Å². The number of hydrogen-bond acceptors (Lipinski definition) is 5. The van der Waals surface area contributed by atoms with Crippen molar-refractivity contribution < 1.29 is 17.6 Å². The molecule has 0 atom stereocenters. The molecule has 0 aliphatic heterocycles. The van der Waals surface area contributed by atoms with Crippen molar-refractivity contribution in [1.82, 2.24) is 4.72 Å².